The van der Waals surface area contributed by atoms with Crippen LogP contribution in [0, 0.1) is 5.92 Å². The molecule has 6 nitrogen and oxygen atoms in total. The van der Waals surface area contributed by atoms with Crippen molar-refractivity contribution >= 4 is 21.6 Å². The predicted molar refractivity (Wildman–Crippen MR) is 114 cm³/mol. The molecule has 154 valence electrons. The molecule has 1 heterocycles. The fourth-order valence-electron chi connectivity index (χ4n) is 3.31. The van der Waals surface area contributed by atoms with Crippen LogP contribution in [0.15, 0.2) is 67.3 Å². The Morgan fingerprint density at radius 3 is 2.38 bits per heavy atom. The van der Waals surface area contributed by atoms with E-state index in [0.717, 1.165) is 5.56 Å². The number of nitrogens with one attached hydrogen (secondary N) is 1. The zero-order chi connectivity index (χ0) is 20.7. The molecule has 0 radical (unpaired) electrons. The van der Waals surface area contributed by atoms with E-state index in [9.17, 15) is 13.2 Å². The van der Waals surface area contributed by atoms with Gasteiger partial charge in [-0.25, -0.2) is 12.7 Å². The van der Waals surface area contributed by atoms with Gasteiger partial charge in [0.05, 0.1) is 5.75 Å². The topological polar surface area (TPSA) is 75.7 Å². The number of hydrogen-bond acceptors (Lipinski definition) is 4. The maximum absolute atomic E-state index is 12.6. The second-order valence-corrected chi connectivity index (χ2v) is 9.00. The summed E-state index contributed by atoms with van der Waals surface area (Å²) in [6.45, 7) is 4.76. The SMILES string of the molecule is C=CCOc1ccc(NC(=O)C2CCN(S(=O)(=O)Cc3ccccc3)CC2)cc1. The summed E-state index contributed by atoms with van der Waals surface area (Å²) in [4.78, 5) is 12.5. The zero-order valence-electron chi connectivity index (χ0n) is 16.3. The van der Waals surface area contributed by atoms with Crippen LogP contribution in [0.1, 0.15) is 18.4 Å². The maximum atomic E-state index is 12.6. The fourth-order valence-corrected chi connectivity index (χ4v) is 4.87. The summed E-state index contributed by atoms with van der Waals surface area (Å²) in [5, 5.41) is 2.91. The highest BCUT2D eigenvalue weighted by Crippen LogP contribution is 2.24. The van der Waals surface area contributed by atoms with Crippen LogP contribution in [0.2, 0.25) is 0 Å². The van der Waals surface area contributed by atoms with Gasteiger partial charge >= 0.3 is 0 Å². The van der Waals surface area contributed by atoms with Crippen molar-refractivity contribution < 1.29 is 17.9 Å². The number of benzene rings is 2. The Kier molecular flexibility index (Phi) is 7.06. The Morgan fingerprint density at radius 2 is 1.76 bits per heavy atom. The zero-order valence-corrected chi connectivity index (χ0v) is 17.1. The molecule has 0 aromatic heterocycles. The molecule has 1 N–H and O–H groups in total. The van der Waals surface area contributed by atoms with E-state index >= 15 is 0 Å². The van der Waals surface area contributed by atoms with E-state index in [0.29, 0.717) is 44.0 Å². The Bertz CT molecular complexity index is 919. The molecule has 0 unspecified atom stereocenters. The molecule has 3 rings (SSSR count). The van der Waals surface area contributed by atoms with E-state index in [1.165, 1.54) is 4.31 Å². The first-order valence-electron chi connectivity index (χ1n) is 9.64. The number of carbonyl (C=O) groups excluding carboxylic acids is 1. The van der Waals surface area contributed by atoms with Gasteiger partial charge in [-0.2, -0.15) is 0 Å². The van der Waals surface area contributed by atoms with Crippen molar-refractivity contribution in [1.82, 2.24) is 4.31 Å². The molecule has 0 aliphatic carbocycles. The molecule has 1 aliphatic rings. The molecule has 0 spiro atoms. The first-order valence-corrected chi connectivity index (χ1v) is 11.3. The largest absolute Gasteiger partial charge is 0.490 e. The van der Waals surface area contributed by atoms with E-state index in [1.807, 2.05) is 30.3 Å². The van der Waals surface area contributed by atoms with Gasteiger partial charge in [0.25, 0.3) is 0 Å². The first kappa shape index (κ1) is 21.1. The third-order valence-electron chi connectivity index (χ3n) is 4.90. The number of hydrogen-bond donors (Lipinski definition) is 1. The molecule has 2 aromatic rings. The van der Waals surface area contributed by atoms with Crippen LogP contribution in [0.3, 0.4) is 0 Å². The van der Waals surface area contributed by atoms with E-state index in [1.54, 1.807) is 30.3 Å². The number of piperidine rings is 1. The van der Waals surface area contributed by atoms with Gasteiger partial charge in [0.15, 0.2) is 0 Å². The molecule has 29 heavy (non-hydrogen) atoms. The van der Waals surface area contributed by atoms with Gasteiger partial charge in [-0.15, -0.1) is 0 Å². The molecule has 2 aromatic carbocycles. The van der Waals surface area contributed by atoms with Crippen LogP contribution >= 0.6 is 0 Å². The second-order valence-electron chi connectivity index (χ2n) is 7.03. The molecule has 0 saturated carbocycles. The third-order valence-corrected chi connectivity index (χ3v) is 6.75. The number of ether oxygens (including phenoxy) is 1. The van der Waals surface area contributed by atoms with Gasteiger partial charge in [-0.3, -0.25) is 4.79 Å². The summed E-state index contributed by atoms with van der Waals surface area (Å²) in [6.07, 6.45) is 2.70. The van der Waals surface area contributed by atoms with Gasteiger partial charge in [0.1, 0.15) is 12.4 Å². The minimum absolute atomic E-state index is 0.00895. The van der Waals surface area contributed by atoms with Crippen molar-refractivity contribution in [2.24, 2.45) is 5.92 Å². The minimum Gasteiger partial charge on any atom is -0.490 e. The molecule has 1 amide bonds. The van der Waals surface area contributed by atoms with Crippen molar-refractivity contribution in [2.75, 3.05) is 25.0 Å². The number of carbonyl (C=O) groups is 1. The third kappa shape index (κ3) is 5.92. The molecular formula is C22H26N2O4S. The van der Waals surface area contributed by atoms with Crippen LogP contribution in [-0.4, -0.2) is 38.3 Å². The lowest BCUT2D eigenvalue weighted by Gasteiger charge is -2.30. The average molecular weight is 415 g/mol. The molecule has 1 aliphatic heterocycles. The van der Waals surface area contributed by atoms with Crippen LogP contribution in [0.25, 0.3) is 0 Å². The summed E-state index contributed by atoms with van der Waals surface area (Å²) in [6, 6.07) is 16.3. The molecular weight excluding hydrogens is 388 g/mol. The summed E-state index contributed by atoms with van der Waals surface area (Å²) in [5.74, 6) is 0.421. The van der Waals surface area contributed by atoms with E-state index in [-0.39, 0.29) is 17.6 Å². The number of rotatable bonds is 8. The Labute approximate surface area is 172 Å². The lowest BCUT2D eigenvalue weighted by Crippen LogP contribution is -2.41. The van der Waals surface area contributed by atoms with Crippen LogP contribution in [0.5, 0.6) is 5.75 Å². The average Bonchev–Trinajstić information content (AvgIpc) is 2.74. The molecule has 7 heteroatoms. The lowest BCUT2D eigenvalue weighted by atomic mass is 9.97. The van der Waals surface area contributed by atoms with Crippen LogP contribution in [-0.2, 0) is 20.6 Å². The highest BCUT2D eigenvalue weighted by Gasteiger charge is 2.31. The monoisotopic (exact) mass is 414 g/mol. The van der Waals surface area contributed by atoms with E-state index in [2.05, 4.69) is 11.9 Å². The molecule has 1 saturated heterocycles. The Balaban J connectivity index is 1.50. The predicted octanol–water partition coefficient (Wildman–Crippen LogP) is 3.43. The van der Waals surface area contributed by atoms with Gasteiger partial charge in [-0.1, -0.05) is 43.0 Å². The van der Waals surface area contributed by atoms with Crippen molar-refractivity contribution in [2.45, 2.75) is 18.6 Å². The summed E-state index contributed by atoms with van der Waals surface area (Å²) < 4.78 is 32.2. The number of sulfonamides is 1. The van der Waals surface area contributed by atoms with Crippen LogP contribution < -0.4 is 10.1 Å². The van der Waals surface area contributed by atoms with Crippen molar-refractivity contribution in [3.8, 4) is 5.75 Å². The Morgan fingerprint density at radius 1 is 1.10 bits per heavy atom. The smallest absolute Gasteiger partial charge is 0.227 e. The van der Waals surface area contributed by atoms with Gasteiger partial charge in [0, 0.05) is 24.7 Å². The summed E-state index contributed by atoms with van der Waals surface area (Å²) in [7, 11) is -3.38. The first-order chi connectivity index (χ1) is 14.0. The minimum atomic E-state index is -3.38. The quantitative estimate of drug-likeness (QED) is 0.672. The Hall–Kier alpha value is -2.64. The van der Waals surface area contributed by atoms with Crippen LogP contribution in [0.4, 0.5) is 5.69 Å². The highest BCUT2D eigenvalue weighted by molar-refractivity contribution is 7.88. The normalized spacial score (nSPS) is 15.6. The van der Waals surface area contributed by atoms with Crippen molar-refractivity contribution in [3.63, 3.8) is 0 Å². The molecule has 0 atom stereocenters. The van der Waals surface area contributed by atoms with Crippen molar-refractivity contribution in [1.29, 1.82) is 0 Å². The standard InChI is InChI=1S/C22H26N2O4S/c1-2-16-28-21-10-8-20(9-11-21)23-22(25)19-12-14-24(15-13-19)29(26,27)17-18-6-4-3-5-7-18/h2-11,19H,1,12-17H2,(H,23,25). The number of amides is 1. The molecule has 1 fully saturated rings. The summed E-state index contributed by atoms with van der Waals surface area (Å²) in [5.41, 5.74) is 1.47. The lowest BCUT2D eigenvalue weighted by molar-refractivity contribution is -0.120. The summed E-state index contributed by atoms with van der Waals surface area (Å²) >= 11 is 0. The van der Waals surface area contributed by atoms with E-state index in [4.69, 9.17) is 4.74 Å². The maximum Gasteiger partial charge on any atom is 0.227 e. The van der Waals surface area contributed by atoms with Crippen molar-refractivity contribution in [3.05, 3.63) is 72.8 Å². The number of anilines is 1. The van der Waals surface area contributed by atoms with E-state index < -0.39 is 10.0 Å². The van der Waals surface area contributed by atoms with Gasteiger partial charge < -0.3 is 10.1 Å². The fraction of sp³-hybridized carbons (Fsp3) is 0.318. The van der Waals surface area contributed by atoms with Gasteiger partial charge in [-0.05, 0) is 42.7 Å². The van der Waals surface area contributed by atoms with Gasteiger partial charge in [0.2, 0.25) is 15.9 Å². The second kappa shape index (κ2) is 9.71. The number of nitrogens with zero attached hydrogens (tertiary/aromatic N) is 1. The highest BCUT2D eigenvalue weighted by atomic mass is 32.2. The molecule has 0 bridgehead atoms.